The van der Waals surface area contributed by atoms with Gasteiger partial charge in [0.15, 0.2) is 5.78 Å². The Balaban J connectivity index is 2.15. The van der Waals surface area contributed by atoms with Crippen LogP contribution in [0.3, 0.4) is 0 Å². The van der Waals surface area contributed by atoms with E-state index in [4.69, 9.17) is 4.74 Å². The third kappa shape index (κ3) is 1.49. The molecule has 0 spiro atoms. The third-order valence-electron chi connectivity index (χ3n) is 3.68. The maximum Gasteiger partial charge on any atom is 0.174 e. The van der Waals surface area contributed by atoms with E-state index in [0.717, 1.165) is 5.57 Å². The summed E-state index contributed by atoms with van der Waals surface area (Å²) in [5, 5.41) is 19.6. The molecule has 2 N–H and O–H groups in total. The monoisotopic (exact) mass is 246 g/mol. The average molecular weight is 246 g/mol. The van der Waals surface area contributed by atoms with Crippen molar-refractivity contribution in [2.24, 2.45) is 5.92 Å². The van der Waals surface area contributed by atoms with Crippen LogP contribution in [0, 0.1) is 5.92 Å². The minimum atomic E-state index is -0.228. The number of rotatable bonds is 0. The van der Waals surface area contributed by atoms with Gasteiger partial charge in [-0.25, -0.2) is 0 Å². The Morgan fingerprint density at radius 2 is 2.00 bits per heavy atom. The van der Waals surface area contributed by atoms with Crippen LogP contribution < -0.4 is 0 Å². The predicted octanol–water partition coefficient (Wildman–Crippen LogP) is 2.15. The van der Waals surface area contributed by atoms with Gasteiger partial charge in [-0.3, -0.25) is 4.79 Å². The van der Waals surface area contributed by atoms with Gasteiger partial charge in [-0.05, 0) is 31.1 Å². The van der Waals surface area contributed by atoms with Crippen LogP contribution in [0.25, 0.3) is 0 Å². The van der Waals surface area contributed by atoms with Crippen molar-refractivity contribution in [3.63, 3.8) is 0 Å². The topological polar surface area (TPSA) is 66.8 Å². The van der Waals surface area contributed by atoms with E-state index in [9.17, 15) is 15.0 Å². The molecule has 18 heavy (non-hydrogen) atoms. The summed E-state index contributed by atoms with van der Waals surface area (Å²) in [6.07, 6.45) is 2.71. The standard InChI is InChI=1S/C14H14O4/c1-7-4-9-8(6-18-7)5-10-11(15)2-3-12(16)13(10)14(9)17/h2-3,6-7,9,15-16H,4-5H2,1H3. The molecule has 94 valence electrons. The van der Waals surface area contributed by atoms with E-state index in [1.165, 1.54) is 12.1 Å². The van der Waals surface area contributed by atoms with Crippen LogP contribution in [0.4, 0.5) is 0 Å². The van der Waals surface area contributed by atoms with Gasteiger partial charge in [0.05, 0.1) is 23.8 Å². The number of ether oxygens (including phenoxy) is 1. The number of phenolic OH excluding ortho intramolecular Hbond substituents is 2. The summed E-state index contributed by atoms with van der Waals surface area (Å²) in [6, 6.07) is 2.78. The van der Waals surface area contributed by atoms with E-state index in [2.05, 4.69) is 0 Å². The van der Waals surface area contributed by atoms with Crippen LogP contribution in [-0.2, 0) is 11.2 Å². The maximum atomic E-state index is 12.4. The van der Waals surface area contributed by atoms with Crippen molar-refractivity contribution in [1.29, 1.82) is 0 Å². The molecular weight excluding hydrogens is 232 g/mol. The number of ketones is 1. The summed E-state index contributed by atoms with van der Waals surface area (Å²) in [6.45, 7) is 1.92. The number of aromatic hydroxyl groups is 2. The van der Waals surface area contributed by atoms with Crippen molar-refractivity contribution in [3.05, 3.63) is 35.1 Å². The van der Waals surface area contributed by atoms with Gasteiger partial charge in [-0.15, -0.1) is 0 Å². The molecule has 2 atom stereocenters. The zero-order chi connectivity index (χ0) is 12.9. The van der Waals surface area contributed by atoms with Gasteiger partial charge >= 0.3 is 0 Å². The lowest BCUT2D eigenvalue weighted by Crippen LogP contribution is -2.31. The van der Waals surface area contributed by atoms with E-state index in [1.807, 2.05) is 6.92 Å². The second kappa shape index (κ2) is 3.77. The molecule has 4 heteroatoms. The van der Waals surface area contributed by atoms with Crippen molar-refractivity contribution in [2.75, 3.05) is 0 Å². The fourth-order valence-corrected chi connectivity index (χ4v) is 2.72. The summed E-state index contributed by atoms with van der Waals surface area (Å²) in [7, 11) is 0. The Morgan fingerprint density at radius 3 is 2.78 bits per heavy atom. The molecule has 0 saturated carbocycles. The van der Waals surface area contributed by atoms with E-state index >= 15 is 0 Å². The molecular formula is C14H14O4. The first-order valence-corrected chi connectivity index (χ1v) is 6.00. The molecule has 3 rings (SSSR count). The van der Waals surface area contributed by atoms with Gasteiger partial charge in [0.25, 0.3) is 0 Å². The van der Waals surface area contributed by atoms with Crippen LogP contribution >= 0.6 is 0 Å². The van der Waals surface area contributed by atoms with Crippen LogP contribution in [0.5, 0.6) is 11.5 Å². The highest BCUT2D eigenvalue weighted by molar-refractivity contribution is 6.05. The smallest absolute Gasteiger partial charge is 0.174 e. The number of carbonyl (C=O) groups excluding carboxylic acids is 1. The highest BCUT2D eigenvalue weighted by atomic mass is 16.5. The van der Waals surface area contributed by atoms with Crippen molar-refractivity contribution in [3.8, 4) is 11.5 Å². The van der Waals surface area contributed by atoms with Crippen LogP contribution in [0.1, 0.15) is 29.3 Å². The molecule has 0 bridgehead atoms. The average Bonchev–Trinajstić information content (AvgIpc) is 2.35. The fraction of sp³-hybridized carbons (Fsp3) is 0.357. The number of benzene rings is 1. The first kappa shape index (κ1) is 11.1. The second-order valence-electron chi connectivity index (χ2n) is 4.93. The fourth-order valence-electron chi connectivity index (χ4n) is 2.72. The van der Waals surface area contributed by atoms with Gasteiger partial charge in [0.1, 0.15) is 11.5 Å². The molecule has 2 aliphatic rings. The van der Waals surface area contributed by atoms with Gasteiger partial charge in [0, 0.05) is 12.0 Å². The first-order valence-electron chi connectivity index (χ1n) is 6.00. The van der Waals surface area contributed by atoms with E-state index in [0.29, 0.717) is 18.4 Å². The molecule has 0 fully saturated rings. The van der Waals surface area contributed by atoms with E-state index in [-0.39, 0.29) is 34.9 Å². The summed E-state index contributed by atoms with van der Waals surface area (Å²) in [5.41, 5.74) is 1.65. The first-order chi connectivity index (χ1) is 8.58. The Morgan fingerprint density at radius 1 is 1.28 bits per heavy atom. The number of hydrogen-bond acceptors (Lipinski definition) is 4. The molecule has 1 aromatic carbocycles. The minimum absolute atomic E-state index is 0.00343. The highest BCUT2D eigenvalue weighted by Gasteiger charge is 2.37. The molecule has 0 amide bonds. The molecule has 4 nitrogen and oxygen atoms in total. The predicted molar refractivity (Wildman–Crippen MR) is 64.5 cm³/mol. The van der Waals surface area contributed by atoms with Crippen LogP contribution in [0.2, 0.25) is 0 Å². The van der Waals surface area contributed by atoms with Crippen LogP contribution in [-0.4, -0.2) is 22.1 Å². The van der Waals surface area contributed by atoms with Crippen molar-refractivity contribution < 1.29 is 19.7 Å². The number of allylic oxidation sites excluding steroid dienone is 1. The van der Waals surface area contributed by atoms with Gasteiger partial charge < -0.3 is 14.9 Å². The summed E-state index contributed by atoms with van der Waals surface area (Å²) in [5.74, 6) is -0.347. The largest absolute Gasteiger partial charge is 0.508 e. The lowest BCUT2D eigenvalue weighted by Gasteiger charge is -2.32. The van der Waals surface area contributed by atoms with Crippen molar-refractivity contribution >= 4 is 5.78 Å². The molecule has 1 aromatic rings. The van der Waals surface area contributed by atoms with Crippen LogP contribution in [0.15, 0.2) is 24.0 Å². The minimum Gasteiger partial charge on any atom is -0.508 e. The number of fused-ring (bicyclic) bond motifs is 2. The molecule has 1 heterocycles. The van der Waals surface area contributed by atoms with Gasteiger partial charge in [-0.1, -0.05) is 0 Å². The molecule has 1 aliphatic carbocycles. The zero-order valence-corrected chi connectivity index (χ0v) is 10.0. The van der Waals surface area contributed by atoms with Crippen molar-refractivity contribution in [1.82, 2.24) is 0 Å². The number of Topliss-reactive ketones (excluding diaryl/α,β-unsaturated/α-hetero) is 1. The molecule has 1 aliphatic heterocycles. The Kier molecular flexibility index (Phi) is 2.33. The lowest BCUT2D eigenvalue weighted by molar-refractivity contribution is 0.0769. The normalized spacial score (nSPS) is 25.8. The number of phenols is 2. The third-order valence-corrected chi connectivity index (χ3v) is 3.68. The molecule has 0 aromatic heterocycles. The quantitative estimate of drug-likeness (QED) is 0.688. The Bertz CT molecular complexity index is 559. The summed E-state index contributed by atoms with van der Waals surface area (Å²) < 4.78 is 5.42. The molecule has 2 unspecified atom stereocenters. The molecule has 0 radical (unpaired) electrons. The number of hydrogen-bond donors (Lipinski definition) is 2. The van der Waals surface area contributed by atoms with E-state index < -0.39 is 0 Å². The highest BCUT2D eigenvalue weighted by Crippen LogP contribution is 2.42. The second-order valence-corrected chi connectivity index (χ2v) is 4.93. The SMILES string of the molecule is CC1CC2C(=O)c3c(O)ccc(O)c3CC2=CO1. The Labute approximate surface area is 105 Å². The molecule has 0 saturated heterocycles. The van der Waals surface area contributed by atoms with E-state index in [1.54, 1.807) is 6.26 Å². The Hall–Kier alpha value is -1.97. The maximum absolute atomic E-state index is 12.4. The lowest BCUT2D eigenvalue weighted by atomic mass is 9.75. The summed E-state index contributed by atoms with van der Waals surface area (Å²) >= 11 is 0. The van der Waals surface area contributed by atoms with Crippen molar-refractivity contribution in [2.45, 2.75) is 25.9 Å². The van der Waals surface area contributed by atoms with Gasteiger partial charge in [0.2, 0.25) is 0 Å². The van der Waals surface area contributed by atoms with Gasteiger partial charge in [-0.2, -0.15) is 0 Å². The summed E-state index contributed by atoms with van der Waals surface area (Å²) in [4.78, 5) is 12.4. The zero-order valence-electron chi connectivity index (χ0n) is 10.0. The number of carbonyl (C=O) groups is 1.